The molecule has 11 heteroatoms. The predicted octanol–water partition coefficient (Wildman–Crippen LogP) is 4.69. The predicted molar refractivity (Wildman–Crippen MR) is 136 cm³/mol. The third-order valence-electron chi connectivity index (χ3n) is 6.35. The molecule has 4 aromatic rings. The highest BCUT2D eigenvalue weighted by atomic mass is 19.3. The molecule has 4 heterocycles. The molecule has 1 aromatic carbocycles. The van der Waals surface area contributed by atoms with Crippen molar-refractivity contribution in [2.75, 3.05) is 19.0 Å². The second-order valence-corrected chi connectivity index (χ2v) is 8.71. The summed E-state index contributed by atoms with van der Waals surface area (Å²) in [7, 11) is 1.63. The van der Waals surface area contributed by atoms with Crippen molar-refractivity contribution < 1.29 is 13.2 Å². The summed E-state index contributed by atoms with van der Waals surface area (Å²) in [5.74, 6) is -2.72. The van der Waals surface area contributed by atoms with Crippen molar-refractivity contribution in [1.82, 2.24) is 24.3 Å². The molecule has 0 aliphatic carbocycles. The Bertz CT molecular complexity index is 1490. The molecule has 37 heavy (non-hydrogen) atoms. The van der Waals surface area contributed by atoms with E-state index in [2.05, 4.69) is 25.5 Å². The quantitative estimate of drug-likeness (QED) is 0.292. The molecule has 1 atom stereocenters. The molecular weight excluding hydrogens is 481 g/mol. The number of aromatic nitrogens is 5. The lowest BCUT2D eigenvalue weighted by molar-refractivity contribution is 0.0258. The van der Waals surface area contributed by atoms with Gasteiger partial charge in [0.2, 0.25) is 5.82 Å². The Hall–Kier alpha value is -4.41. The summed E-state index contributed by atoms with van der Waals surface area (Å²) >= 11 is 0. The van der Waals surface area contributed by atoms with Crippen molar-refractivity contribution in [2.45, 2.75) is 25.4 Å². The average Bonchev–Trinajstić information content (AvgIpc) is 3.54. The number of hydrogen-bond donors (Lipinski definition) is 2. The first kappa shape index (κ1) is 24.3. The molecular formula is C26H25F3N8. The minimum Gasteiger partial charge on any atom is -0.404 e. The fourth-order valence-corrected chi connectivity index (χ4v) is 4.52. The smallest absolute Gasteiger partial charge is 0.332 e. The van der Waals surface area contributed by atoms with Crippen molar-refractivity contribution >= 4 is 11.7 Å². The lowest BCUT2D eigenvalue weighted by Gasteiger charge is -2.28. The topological polar surface area (TPSA) is 98.9 Å². The van der Waals surface area contributed by atoms with Crippen LogP contribution in [0.25, 0.3) is 22.6 Å². The molecule has 0 radical (unpaired) electrons. The minimum absolute atomic E-state index is 0.165. The van der Waals surface area contributed by atoms with E-state index in [1.54, 1.807) is 25.4 Å². The molecule has 0 saturated carbocycles. The average molecular weight is 507 g/mol. The number of nitrogens with zero attached hydrogens (tertiary/aromatic N) is 6. The molecule has 3 N–H and O–H groups in total. The summed E-state index contributed by atoms with van der Waals surface area (Å²) in [6, 6.07) is 10.2. The molecule has 1 aliphatic heterocycles. The van der Waals surface area contributed by atoms with Crippen molar-refractivity contribution in [2.24, 2.45) is 10.7 Å². The van der Waals surface area contributed by atoms with Gasteiger partial charge in [-0.15, -0.1) is 10.2 Å². The van der Waals surface area contributed by atoms with E-state index in [0.717, 1.165) is 16.7 Å². The molecule has 0 amide bonds. The molecule has 0 bridgehead atoms. The molecule has 5 rings (SSSR count). The SMILES string of the molecule is CN=C(C=CN)Nc1cc(-c2cc3n(c2)C[C@H](CF)n2c-3nnc2C(F)(F)c2ccccc2)c(C)cn1. The van der Waals surface area contributed by atoms with E-state index < -0.39 is 24.5 Å². The molecule has 190 valence electrons. The number of fused-ring (bicyclic) bond motifs is 3. The number of amidine groups is 1. The van der Waals surface area contributed by atoms with Gasteiger partial charge in [-0.3, -0.25) is 9.56 Å². The van der Waals surface area contributed by atoms with Gasteiger partial charge in [-0.25, -0.2) is 9.37 Å². The second-order valence-electron chi connectivity index (χ2n) is 8.71. The van der Waals surface area contributed by atoms with E-state index in [1.807, 2.05) is 29.8 Å². The van der Waals surface area contributed by atoms with Gasteiger partial charge in [0.15, 0.2) is 5.82 Å². The van der Waals surface area contributed by atoms with Crippen LogP contribution in [0.3, 0.4) is 0 Å². The first-order valence-corrected chi connectivity index (χ1v) is 11.6. The Labute approximate surface area is 211 Å². The number of rotatable bonds is 6. The van der Waals surface area contributed by atoms with Crippen LogP contribution >= 0.6 is 0 Å². The van der Waals surface area contributed by atoms with Gasteiger partial charge in [0, 0.05) is 37.1 Å². The molecule has 8 nitrogen and oxygen atoms in total. The number of hydrogen-bond acceptors (Lipinski definition) is 5. The zero-order valence-corrected chi connectivity index (χ0v) is 20.2. The first-order chi connectivity index (χ1) is 17.9. The summed E-state index contributed by atoms with van der Waals surface area (Å²) in [6.45, 7) is 1.24. The summed E-state index contributed by atoms with van der Waals surface area (Å²) in [4.78, 5) is 8.52. The Morgan fingerprint density at radius 3 is 2.73 bits per heavy atom. The monoisotopic (exact) mass is 506 g/mol. The molecule has 0 unspecified atom stereocenters. The van der Waals surface area contributed by atoms with Crippen LogP contribution < -0.4 is 11.1 Å². The highest BCUT2D eigenvalue weighted by molar-refractivity contribution is 6.03. The number of aliphatic imine (C=N–C) groups is 1. The van der Waals surface area contributed by atoms with Crippen LogP contribution in [0.1, 0.15) is 23.0 Å². The third kappa shape index (κ3) is 4.26. The van der Waals surface area contributed by atoms with Gasteiger partial charge in [0.25, 0.3) is 0 Å². The standard InChI is InChI=1S/C26H25F3N8/c1-16-13-32-23(33-22(31-2)8-9-30)11-20(16)17-10-21-24-34-35-25(26(28,29)18-6-4-3-5-7-18)37(24)19(12-27)15-36(21)14-17/h3-11,13-14,19H,12,15,30H2,1-2H3,(H,31,32,33)/t19-/m0/s1. The van der Waals surface area contributed by atoms with Gasteiger partial charge >= 0.3 is 5.92 Å². The Kier molecular flexibility index (Phi) is 6.28. The van der Waals surface area contributed by atoms with E-state index >= 15 is 8.78 Å². The van der Waals surface area contributed by atoms with Gasteiger partial charge in [-0.2, -0.15) is 8.78 Å². The number of anilines is 1. The highest BCUT2D eigenvalue weighted by Gasteiger charge is 2.43. The largest absolute Gasteiger partial charge is 0.404 e. The third-order valence-corrected chi connectivity index (χ3v) is 6.35. The molecule has 1 aliphatic rings. The second kappa shape index (κ2) is 9.57. The van der Waals surface area contributed by atoms with Crippen LogP contribution in [-0.2, 0) is 12.5 Å². The van der Waals surface area contributed by atoms with Crippen molar-refractivity contribution in [3.8, 4) is 22.6 Å². The van der Waals surface area contributed by atoms with E-state index in [0.29, 0.717) is 17.3 Å². The number of aryl methyl sites for hydroxylation is 1. The zero-order chi connectivity index (χ0) is 26.2. The van der Waals surface area contributed by atoms with Gasteiger partial charge in [-0.05, 0) is 42.5 Å². The normalized spacial score (nSPS) is 15.6. The van der Waals surface area contributed by atoms with E-state index in [1.165, 1.54) is 35.0 Å². The fraction of sp³-hybridized carbons (Fsp3) is 0.231. The maximum atomic E-state index is 15.5. The Morgan fingerprint density at radius 1 is 1.24 bits per heavy atom. The molecule has 0 saturated heterocycles. The fourth-order valence-electron chi connectivity index (χ4n) is 4.52. The number of nitrogens with one attached hydrogen (secondary N) is 1. The van der Waals surface area contributed by atoms with Crippen LogP contribution in [0, 0.1) is 6.92 Å². The summed E-state index contributed by atoms with van der Waals surface area (Å²) < 4.78 is 48.2. The lowest BCUT2D eigenvalue weighted by atomic mass is 10.0. The number of alkyl halides is 3. The highest BCUT2D eigenvalue weighted by Crippen LogP contribution is 2.41. The van der Waals surface area contributed by atoms with Gasteiger partial charge in [0.1, 0.15) is 18.3 Å². The summed E-state index contributed by atoms with van der Waals surface area (Å²) in [5.41, 5.74) is 8.40. The van der Waals surface area contributed by atoms with Gasteiger partial charge in [0.05, 0.1) is 11.7 Å². The summed E-state index contributed by atoms with van der Waals surface area (Å²) in [5, 5.41) is 11.0. The number of pyridine rings is 1. The number of nitrogens with two attached hydrogens (primary N) is 1. The molecule has 0 spiro atoms. The van der Waals surface area contributed by atoms with Gasteiger partial charge < -0.3 is 15.6 Å². The van der Waals surface area contributed by atoms with Crippen molar-refractivity contribution in [1.29, 1.82) is 0 Å². The van der Waals surface area contributed by atoms with E-state index in [9.17, 15) is 4.39 Å². The number of halogens is 3. The minimum atomic E-state index is -3.43. The van der Waals surface area contributed by atoms with Crippen LogP contribution in [0.5, 0.6) is 0 Å². The van der Waals surface area contributed by atoms with Crippen molar-refractivity contribution in [3.63, 3.8) is 0 Å². The maximum absolute atomic E-state index is 15.5. The van der Waals surface area contributed by atoms with Gasteiger partial charge in [-0.1, -0.05) is 30.3 Å². The van der Waals surface area contributed by atoms with Crippen LogP contribution in [0.4, 0.5) is 19.0 Å². The van der Waals surface area contributed by atoms with Crippen LogP contribution in [-0.4, -0.2) is 43.9 Å². The van der Waals surface area contributed by atoms with E-state index in [-0.39, 0.29) is 17.9 Å². The summed E-state index contributed by atoms with van der Waals surface area (Å²) in [6.07, 6.45) is 6.58. The van der Waals surface area contributed by atoms with Crippen LogP contribution in [0.15, 0.2) is 72.1 Å². The molecule has 0 fully saturated rings. The Morgan fingerprint density at radius 2 is 2.03 bits per heavy atom. The first-order valence-electron chi connectivity index (χ1n) is 11.6. The Balaban J connectivity index is 1.57. The lowest BCUT2D eigenvalue weighted by Crippen LogP contribution is -2.30. The van der Waals surface area contributed by atoms with E-state index in [4.69, 9.17) is 5.73 Å². The number of benzene rings is 1. The van der Waals surface area contributed by atoms with Crippen molar-refractivity contribution in [3.05, 3.63) is 84.1 Å². The molecule has 3 aromatic heterocycles. The van der Waals surface area contributed by atoms with Crippen LogP contribution in [0.2, 0.25) is 0 Å². The maximum Gasteiger partial charge on any atom is 0.332 e. The zero-order valence-electron chi connectivity index (χ0n) is 20.2.